The van der Waals surface area contributed by atoms with Crippen molar-refractivity contribution in [3.63, 3.8) is 0 Å². The first kappa shape index (κ1) is 19.7. The van der Waals surface area contributed by atoms with Crippen molar-refractivity contribution < 1.29 is 14.6 Å². The molecule has 1 aliphatic rings. The van der Waals surface area contributed by atoms with E-state index >= 15 is 0 Å². The van der Waals surface area contributed by atoms with Crippen LogP contribution in [0.25, 0.3) is 11.1 Å². The molecule has 0 saturated heterocycles. The lowest BCUT2D eigenvalue weighted by molar-refractivity contribution is 0.0814. The fourth-order valence-electron chi connectivity index (χ4n) is 3.92. The molecule has 150 valence electrons. The van der Waals surface area contributed by atoms with Crippen LogP contribution in [0.1, 0.15) is 34.3 Å². The van der Waals surface area contributed by atoms with Crippen molar-refractivity contribution in [1.29, 1.82) is 5.26 Å². The molecule has 4 rings (SSSR count). The maximum atomic E-state index is 12.5. The molecule has 1 unspecified atom stereocenters. The molecule has 5 heteroatoms. The summed E-state index contributed by atoms with van der Waals surface area (Å²) < 4.78 is 5.61. The molecule has 5 nitrogen and oxygen atoms in total. The summed E-state index contributed by atoms with van der Waals surface area (Å²) in [6.45, 7) is 0.340. The number of benzene rings is 3. The maximum absolute atomic E-state index is 12.5. The fourth-order valence-corrected chi connectivity index (χ4v) is 3.92. The van der Waals surface area contributed by atoms with Crippen LogP contribution in [0.15, 0.2) is 72.8 Å². The molecule has 1 atom stereocenters. The molecular formula is C25H22N2O3. The molecule has 3 aromatic rings. The number of ether oxygens (including phenoxy) is 1. The van der Waals surface area contributed by atoms with Crippen LogP contribution >= 0.6 is 0 Å². The SMILES string of the molecule is CN(CC(O)c1ccc(C#N)cc1)C(=O)OCC1c2ccccc2-c2ccccc21. The fraction of sp³-hybridized carbons (Fsp3) is 0.200. The maximum Gasteiger partial charge on any atom is 0.409 e. The molecule has 0 aromatic heterocycles. The van der Waals surface area contributed by atoms with E-state index < -0.39 is 12.2 Å². The predicted molar refractivity (Wildman–Crippen MR) is 114 cm³/mol. The number of nitrogens with zero attached hydrogens (tertiary/aromatic N) is 2. The summed E-state index contributed by atoms with van der Waals surface area (Å²) in [5.74, 6) is -0.00167. The smallest absolute Gasteiger partial charge is 0.409 e. The Balaban J connectivity index is 1.40. The number of nitriles is 1. The molecule has 1 aliphatic carbocycles. The van der Waals surface area contributed by atoms with Gasteiger partial charge >= 0.3 is 6.09 Å². The average Bonchev–Trinajstić information content (AvgIpc) is 3.11. The average molecular weight is 398 g/mol. The second kappa shape index (κ2) is 8.40. The topological polar surface area (TPSA) is 73.6 Å². The molecule has 0 radical (unpaired) electrons. The van der Waals surface area contributed by atoms with E-state index in [1.807, 2.05) is 30.3 Å². The quantitative estimate of drug-likeness (QED) is 0.688. The van der Waals surface area contributed by atoms with Crippen molar-refractivity contribution in [1.82, 2.24) is 4.90 Å². The van der Waals surface area contributed by atoms with Gasteiger partial charge in [-0.2, -0.15) is 5.26 Å². The third-order valence-electron chi connectivity index (χ3n) is 5.52. The summed E-state index contributed by atoms with van der Waals surface area (Å²) in [5.41, 5.74) is 5.85. The predicted octanol–water partition coefficient (Wildman–Crippen LogP) is 4.47. The Hall–Kier alpha value is -3.62. The van der Waals surface area contributed by atoms with Crippen molar-refractivity contribution in [2.75, 3.05) is 20.2 Å². The molecule has 1 N–H and O–H groups in total. The van der Waals surface area contributed by atoms with Gasteiger partial charge in [-0.05, 0) is 39.9 Å². The monoisotopic (exact) mass is 398 g/mol. The molecule has 30 heavy (non-hydrogen) atoms. The first-order valence-electron chi connectivity index (χ1n) is 9.82. The van der Waals surface area contributed by atoms with Gasteiger partial charge in [-0.25, -0.2) is 4.79 Å². The minimum Gasteiger partial charge on any atom is -0.448 e. The molecule has 0 fully saturated rings. The van der Waals surface area contributed by atoms with Crippen molar-refractivity contribution in [2.24, 2.45) is 0 Å². The van der Waals surface area contributed by atoms with Crippen LogP contribution in [0.3, 0.4) is 0 Å². The van der Waals surface area contributed by atoms with Crippen LogP contribution in [0.5, 0.6) is 0 Å². The molecule has 0 aliphatic heterocycles. The third-order valence-corrected chi connectivity index (χ3v) is 5.52. The number of rotatable bonds is 5. The molecule has 1 amide bonds. The lowest BCUT2D eigenvalue weighted by atomic mass is 9.98. The van der Waals surface area contributed by atoms with E-state index in [0.29, 0.717) is 11.1 Å². The number of likely N-dealkylation sites (N-methyl/N-ethyl adjacent to an activating group) is 1. The van der Waals surface area contributed by atoms with E-state index in [9.17, 15) is 9.90 Å². The van der Waals surface area contributed by atoms with Gasteiger partial charge in [0.1, 0.15) is 6.61 Å². The van der Waals surface area contributed by atoms with Crippen molar-refractivity contribution >= 4 is 6.09 Å². The van der Waals surface area contributed by atoms with E-state index in [4.69, 9.17) is 10.00 Å². The highest BCUT2D eigenvalue weighted by Crippen LogP contribution is 2.44. The summed E-state index contributed by atoms with van der Waals surface area (Å²) >= 11 is 0. The van der Waals surface area contributed by atoms with Gasteiger partial charge in [0.25, 0.3) is 0 Å². The Bertz CT molecular complexity index is 1060. The van der Waals surface area contributed by atoms with E-state index in [-0.39, 0.29) is 19.1 Å². The number of hydrogen-bond donors (Lipinski definition) is 1. The number of hydrogen-bond acceptors (Lipinski definition) is 4. The van der Waals surface area contributed by atoms with Crippen LogP contribution in [-0.4, -0.2) is 36.3 Å². The summed E-state index contributed by atoms with van der Waals surface area (Å²) in [5, 5.41) is 19.3. The highest BCUT2D eigenvalue weighted by Gasteiger charge is 2.29. The number of carbonyl (C=O) groups excluding carboxylic acids is 1. The summed E-state index contributed by atoms with van der Waals surface area (Å²) in [6, 6.07) is 25.1. The normalized spacial score (nSPS) is 13.1. The number of aliphatic hydroxyl groups is 1. The van der Waals surface area contributed by atoms with Gasteiger partial charge in [-0.3, -0.25) is 0 Å². The van der Waals surface area contributed by atoms with Gasteiger partial charge < -0.3 is 14.7 Å². The number of carbonyl (C=O) groups is 1. The lowest BCUT2D eigenvalue weighted by Gasteiger charge is -2.22. The van der Waals surface area contributed by atoms with Crippen LogP contribution in [0, 0.1) is 11.3 Å². The van der Waals surface area contributed by atoms with Gasteiger partial charge in [0.2, 0.25) is 0 Å². The zero-order valence-corrected chi connectivity index (χ0v) is 16.7. The highest BCUT2D eigenvalue weighted by molar-refractivity contribution is 5.79. The summed E-state index contributed by atoms with van der Waals surface area (Å²) in [6.07, 6.45) is -1.34. The van der Waals surface area contributed by atoms with Gasteiger partial charge in [0.15, 0.2) is 0 Å². The minimum absolute atomic E-state index is 0.00167. The lowest BCUT2D eigenvalue weighted by Crippen LogP contribution is -2.32. The summed E-state index contributed by atoms with van der Waals surface area (Å²) in [4.78, 5) is 13.9. The van der Waals surface area contributed by atoms with Crippen molar-refractivity contribution in [2.45, 2.75) is 12.0 Å². The largest absolute Gasteiger partial charge is 0.448 e. The number of fused-ring (bicyclic) bond motifs is 3. The Morgan fingerprint density at radius 1 is 1.03 bits per heavy atom. The number of amides is 1. The van der Waals surface area contributed by atoms with E-state index in [1.165, 1.54) is 16.0 Å². The molecule has 0 saturated carbocycles. The van der Waals surface area contributed by atoms with Gasteiger partial charge in [-0.15, -0.1) is 0 Å². The Morgan fingerprint density at radius 3 is 2.17 bits per heavy atom. The van der Waals surface area contributed by atoms with Crippen molar-refractivity contribution in [3.8, 4) is 17.2 Å². The van der Waals surface area contributed by atoms with Crippen LogP contribution in [0.4, 0.5) is 4.79 Å². The van der Waals surface area contributed by atoms with Crippen LogP contribution in [-0.2, 0) is 4.74 Å². The number of aliphatic hydroxyl groups excluding tert-OH is 1. The van der Waals surface area contributed by atoms with Crippen molar-refractivity contribution in [3.05, 3.63) is 95.1 Å². The molecule has 3 aromatic carbocycles. The summed E-state index contributed by atoms with van der Waals surface area (Å²) in [7, 11) is 1.60. The second-order valence-corrected chi connectivity index (χ2v) is 7.43. The third kappa shape index (κ3) is 3.78. The molecule has 0 heterocycles. The first-order valence-corrected chi connectivity index (χ1v) is 9.82. The molecular weight excluding hydrogens is 376 g/mol. The van der Waals surface area contributed by atoms with E-state index in [0.717, 1.165) is 11.1 Å². The van der Waals surface area contributed by atoms with Gasteiger partial charge in [0, 0.05) is 13.0 Å². The highest BCUT2D eigenvalue weighted by atomic mass is 16.6. The Labute approximate surface area is 175 Å². The first-order chi connectivity index (χ1) is 14.6. The Morgan fingerprint density at radius 2 is 1.60 bits per heavy atom. The second-order valence-electron chi connectivity index (χ2n) is 7.43. The molecule has 0 spiro atoms. The van der Waals surface area contributed by atoms with Gasteiger partial charge in [-0.1, -0.05) is 60.7 Å². The van der Waals surface area contributed by atoms with Gasteiger partial charge in [0.05, 0.1) is 24.3 Å². The van der Waals surface area contributed by atoms with Crippen LogP contribution < -0.4 is 0 Å². The van der Waals surface area contributed by atoms with Crippen LogP contribution in [0.2, 0.25) is 0 Å². The van der Waals surface area contributed by atoms with E-state index in [2.05, 4.69) is 24.3 Å². The minimum atomic E-state index is -0.858. The standard InChI is InChI=1S/C25H22N2O3/c1-27(15-24(28)18-12-10-17(14-26)11-13-18)25(29)30-16-23-21-8-4-2-6-19(21)20-7-3-5-9-22(20)23/h2-13,23-24,28H,15-16H2,1H3. The zero-order valence-electron chi connectivity index (χ0n) is 16.7. The zero-order chi connectivity index (χ0) is 21.1. The molecule has 0 bridgehead atoms. The Kier molecular flexibility index (Phi) is 5.51. The van der Waals surface area contributed by atoms with E-state index in [1.54, 1.807) is 31.3 Å².